The van der Waals surface area contributed by atoms with Crippen LogP contribution in [0.15, 0.2) is 58.4 Å². The Hall–Kier alpha value is -3.32. The minimum Gasteiger partial charge on any atom is -0.325 e. The van der Waals surface area contributed by atoms with E-state index < -0.39 is 17.8 Å². The number of rotatable bonds is 5. The van der Waals surface area contributed by atoms with Gasteiger partial charge in [0.25, 0.3) is 11.5 Å². The summed E-state index contributed by atoms with van der Waals surface area (Å²) in [7, 11) is 0. The molecular weight excluding hydrogens is 397 g/mol. The molecule has 0 saturated carbocycles. The van der Waals surface area contributed by atoms with E-state index >= 15 is 0 Å². The molecular formula is C21H17ClFN3O3. The second-order valence-corrected chi connectivity index (χ2v) is 6.84. The average Bonchev–Trinajstić information content (AvgIpc) is 2.70. The lowest BCUT2D eigenvalue weighted by molar-refractivity contribution is -0.120. The van der Waals surface area contributed by atoms with E-state index in [1.807, 2.05) is 0 Å². The normalized spacial score (nSPS) is 11.8. The summed E-state index contributed by atoms with van der Waals surface area (Å²) in [5.41, 5.74) is 0.540. The first-order chi connectivity index (χ1) is 13.8. The van der Waals surface area contributed by atoms with Gasteiger partial charge < -0.3 is 9.88 Å². The van der Waals surface area contributed by atoms with E-state index in [1.54, 1.807) is 31.2 Å². The fourth-order valence-electron chi connectivity index (χ4n) is 2.99. The first-order valence-electron chi connectivity index (χ1n) is 8.70. The van der Waals surface area contributed by atoms with Gasteiger partial charge in [-0.1, -0.05) is 23.7 Å². The smallest absolute Gasteiger partial charge is 0.267 e. The third-order valence-electron chi connectivity index (χ3n) is 4.54. The number of aromatic nitrogens is 1. The summed E-state index contributed by atoms with van der Waals surface area (Å²) in [6.45, 7) is 4.76. The third kappa shape index (κ3) is 4.25. The van der Waals surface area contributed by atoms with Crippen LogP contribution in [0.1, 0.15) is 18.5 Å². The molecule has 3 aromatic rings. The van der Waals surface area contributed by atoms with Crippen molar-refractivity contribution in [2.75, 3.05) is 5.32 Å². The number of fused-ring (bicyclic) bond motifs is 1. The van der Waals surface area contributed by atoms with Crippen LogP contribution in [0.4, 0.5) is 10.1 Å². The van der Waals surface area contributed by atoms with Crippen LogP contribution < -0.4 is 10.9 Å². The van der Waals surface area contributed by atoms with E-state index in [1.165, 1.54) is 22.9 Å². The molecule has 8 heteroatoms. The van der Waals surface area contributed by atoms with Gasteiger partial charge in [0.05, 0.1) is 6.42 Å². The zero-order valence-corrected chi connectivity index (χ0v) is 16.2. The Kier molecular flexibility index (Phi) is 5.89. The highest BCUT2D eigenvalue weighted by Gasteiger charge is 2.17. The molecule has 0 radical (unpaired) electrons. The van der Waals surface area contributed by atoms with Crippen LogP contribution in [-0.2, 0) is 16.0 Å². The summed E-state index contributed by atoms with van der Waals surface area (Å²) in [6.07, 6.45) is 1.42. The Morgan fingerprint density at radius 1 is 1.24 bits per heavy atom. The highest BCUT2D eigenvalue weighted by atomic mass is 35.5. The number of amides is 2. The van der Waals surface area contributed by atoms with Gasteiger partial charge in [0.15, 0.2) is 0 Å². The van der Waals surface area contributed by atoms with Gasteiger partial charge in [0.1, 0.15) is 11.9 Å². The number of pyridine rings is 1. The molecule has 29 heavy (non-hydrogen) atoms. The first kappa shape index (κ1) is 20.4. The number of halogens is 2. The summed E-state index contributed by atoms with van der Waals surface area (Å²) in [4.78, 5) is 40.3. The van der Waals surface area contributed by atoms with Crippen molar-refractivity contribution in [2.45, 2.75) is 19.4 Å². The summed E-state index contributed by atoms with van der Waals surface area (Å²) in [6, 6.07) is 9.58. The lowest BCUT2D eigenvalue weighted by Crippen LogP contribution is -2.27. The molecule has 0 aliphatic carbocycles. The molecule has 2 amide bonds. The number of nitrogens with one attached hydrogen (secondary N) is 1. The summed E-state index contributed by atoms with van der Waals surface area (Å²) in [5.74, 6) is -1.37. The summed E-state index contributed by atoms with van der Waals surface area (Å²) >= 11 is 5.97. The van der Waals surface area contributed by atoms with E-state index in [4.69, 9.17) is 11.6 Å². The quantitative estimate of drug-likeness (QED) is 0.646. The zero-order valence-electron chi connectivity index (χ0n) is 15.5. The molecule has 3 rings (SSSR count). The van der Waals surface area contributed by atoms with Crippen molar-refractivity contribution in [3.8, 4) is 0 Å². The number of hydrogen-bond donors (Lipinski definition) is 1. The summed E-state index contributed by atoms with van der Waals surface area (Å²) < 4.78 is 14.4. The van der Waals surface area contributed by atoms with Gasteiger partial charge in [-0.05, 0) is 49.5 Å². The Morgan fingerprint density at radius 3 is 2.69 bits per heavy atom. The van der Waals surface area contributed by atoms with Gasteiger partial charge in [0.2, 0.25) is 5.91 Å². The SMILES string of the molecule is C=NC(=O)[C@@H](C)n1ccc2c(NC(=O)Cc3ccc(F)cc3Cl)cccc2c1=O. The van der Waals surface area contributed by atoms with Gasteiger partial charge in [-0.15, -0.1) is 0 Å². The van der Waals surface area contributed by atoms with Gasteiger partial charge in [-0.2, -0.15) is 0 Å². The minimum absolute atomic E-state index is 0.0525. The van der Waals surface area contributed by atoms with Crippen LogP contribution in [0.5, 0.6) is 0 Å². The van der Waals surface area contributed by atoms with Crippen molar-refractivity contribution in [2.24, 2.45) is 4.99 Å². The average molecular weight is 414 g/mol. The predicted octanol–water partition coefficient (Wildman–Crippen LogP) is 3.76. The van der Waals surface area contributed by atoms with E-state index in [2.05, 4.69) is 17.0 Å². The third-order valence-corrected chi connectivity index (χ3v) is 4.90. The van der Waals surface area contributed by atoms with Crippen LogP contribution >= 0.6 is 11.6 Å². The molecule has 1 N–H and O–H groups in total. The van der Waals surface area contributed by atoms with Gasteiger partial charge in [0, 0.05) is 27.7 Å². The molecule has 0 bridgehead atoms. The number of nitrogens with zero attached hydrogens (tertiary/aromatic N) is 2. The fourth-order valence-corrected chi connectivity index (χ4v) is 3.22. The van der Waals surface area contributed by atoms with Crippen molar-refractivity contribution < 1.29 is 14.0 Å². The van der Waals surface area contributed by atoms with E-state index in [0.717, 1.165) is 6.07 Å². The largest absolute Gasteiger partial charge is 0.325 e. The Bertz CT molecular complexity index is 1190. The topological polar surface area (TPSA) is 80.5 Å². The molecule has 1 aromatic heterocycles. The second-order valence-electron chi connectivity index (χ2n) is 6.43. The van der Waals surface area contributed by atoms with Crippen molar-refractivity contribution in [3.05, 3.63) is 75.4 Å². The van der Waals surface area contributed by atoms with E-state index in [0.29, 0.717) is 22.0 Å². The molecule has 1 heterocycles. The Morgan fingerprint density at radius 2 is 2.00 bits per heavy atom. The van der Waals surface area contributed by atoms with Crippen LogP contribution in [0.25, 0.3) is 10.8 Å². The lowest BCUT2D eigenvalue weighted by Gasteiger charge is -2.14. The van der Waals surface area contributed by atoms with Crippen molar-refractivity contribution in [1.82, 2.24) is 4.57 Å². The van der Waals surface area contributed by atoms with Gasteiger partial charge in [-0.3, -0.25) is 14.4 Å². The highest BCUT2D eigenvalue weighted by Crippen LogP contribution is 2.23. The molecule has 6 nitrogen and oxygen atoms in total. The minimum atomic E-state index is -0.789. The van der Waals surface area contributed by atoms with Crippen LogP contribution in [0, 0.1) is 5.82 Å². The van der Waals surface area contributed by atoms with Crippen molar-refractivity contribution in [3.63, 3.8) is 0 Å². The monoisotopic (exact) mass is 413 g/mol. The number of benzene rings is 2. The second kappa shape index (κ2) is 8.36. The predicted molar refractivity (Wildman–Crippen MR) is 111 cm³/mol. The molecule has 0 aliphatic heterocycles. The van der Waals surface area contributed by atoms with Crippen molar-refractivity contribution >= 4 is 46.6 Å². The molecule has 1 atom stereocenters. The van der Waals surface area contributed by atoms with Crippen LogP contribution in [0.3, 0.4) is 0 Å². The molecule has 2 aromatic carbocycles. The summed E-state index contributed by atoms with van der Waals surface area (Å²) in [5, 5.41) is 3.78. The molecule has 0 saturated heterocycles. The standard InChI is InChI=1S/C21H17ClFN3O3/c1-12(20(28)24-2)26-9-8-15-16(21(26)29)4-3-5-18(15)25-19(27)10-13-6-7-14(23)11-17(13)22/h3-9,11-12H,2,10H2,1H3,(H,25,27)/t12-/m1/s1. The maximum Gasteiger partial charge on any atom is 0.267 e. The molecule has 0 spiro atoms. The Balaban J connectivity index is 1.91. The lowest BCUT2D eigenvalue weighted by atomic mass is 10.1. The number of aliphatic imine (C=N–C) groups is 1. The molecule has 0 unspecified atom stereocenters. The maximum absolute atomic E-state index is 13.2. The molecule has 148 valence electrons. The van der Waals surface area contributed by atoms with Gasteiger partial charge in [-0.25, -0.2) is 9.38 Å². The van der Waals surface area contributed by atoms with Crippen LogP contribution in [0.2, 0.25) is 5.02 Å². The maximum atomic E-state index is 13.2. The van der Waals surface area contributed by atoms with Gasteiger partial charge >= 0.3 is 0 Å². The van der Waals surface area contributed by atoms with Crippen LogP contribution in [-0.4, -0.2) is 23.1 Å². The number of carbonyl (C=O) groups excluding carboxylic acids is 2. The van der Waals surface area contributed by atoms with E-state index in [9.17, 15) is 18.8 Å². The number of carbonyl (C=O) groups is 2. The van der Waals surface area contributed by atoms with Crippen molar-refractivity contribution in [1.29, 1.82) is 0 Å². The Labute approximate surface area is 170 Å². The zero-order chi connectivity index (χ0) is 21.1. The molecule has 0 aliphatic rings. The molecule has 0 fully saturated rings. The fraction of sp³-hybridized carbons (Fsp3) is 0.143. The number of anilines is 1. The number of hydrogen-bond acceptors (Lipinski definition) is 3. The van der Waals surface area contributed by atoms with E-state index in [-0.39, 0.29) is 22.9 Å². The first-order valence-corrected chi connectivity index (χ1v) is 9.08. The highest BCUT2D eigenvalue weighted by molar-refractivity contribution is 6.31.